The molecule has 1 fully saturated rings. The fourth-order valence-electron chi connectivity index (χ4n) is 3.16. The van der Waals surface area contributed by atoms with Gasteiger partial charge < -0.3 is 10.6 Å². The molecule has 1 heterocycles. The number of hydrogen-bond acceptors (Lipinski definition) is 3. The second-order valence-electron chi connectivity index (χ2n) is 7.33. The highest BCUT2D eigenvalue weighted by molar-refractivity contribution is 5.93. The second-order valence-corrected chi connectivity index (χ2v) is 7.33. The molecule has 1 aliphatic rings. The Morgan fingerprint density at radius 3 is 2.48 bits per heavy atom. The lowest BCUT2D eigenvalue weighted by Gasteiger charge is -2.39. The predicted molar refractivity (Wildman–Crippen MR) is 86.0 cm³/mol. The summed E-state index contributed by atoms with van der Waals surface area (Å²) in [5, 5.41) is 6.33. The molecule has 0 radical (unpaired) electrons. The number of carbonyl (C=O) groups excluding carboxylic acids is 2. The van der Waals surface area contributed by atoms with Crippen LogP contribution in [0.15, 0.2) is 12.7 Å². The zero-order valence-electron chi connectivity index (χ0n) is 13.9. The number of ketones is 1. The number of rotatable bonds is 7. The van der Waals surface area contributed by atoms with Gasteiger partial charge in [0.25, 0.3) is 0 Å². The van der Waals surface area contributed by atoms with Crippen molar-refractivity contribution in [2.24, 2.45) is 11.3 Å². The standard InChI is InChI=1S/C17H30N2O2/c1-6-7-9-17(19-13(2)20,14-8-10-18-12-14)15(21)11-16(3,4)5/h6,14,18H,1,7-12H2,2-5H3,(H,19,20). The highest BCUT2D eigenvalue weighted by atomic mass is 16.2. The predicted octanol–water partition coefficient (Wildman–Crippen LogP) is 2.44. The number of carbonyl (C=O) groups is 2. The Balaban J connectivity index is 3.10. The number of amides is 1. The van der Waals surface area contributed by atoms with E-state index in [1.165, 1.54) is 6.92 Å². The van der Waals surface area contributed by atoms with E-state index in [9.17, 15) is 9.59 Å². The molecule has 1 aliphatic heterocycles. The van der Waals surface area contributed by atoms with Crippen LogP contribution in [-0.2, 0) is 9.59 Å². The normalized spacial score (nSPS) is 21.6. The van der Waals surface area contributed by atoms with Gasteiger partial charge in [0, 0.05) is 25.8 Å². The Hall–Kier alpha value is -1.16. The third kappa shape index (κ3) is 4.95. The average Bonchev–Trinajstić information content (AvgIpc) is 2.85. The summed E-state index contributed by atoms with van der Waals surface area (Å²) in [4.78, 5) is 24.8. The number of allylic oxidation sites excluding steroid dienone is 1. The van der Waals surface area contributed by atoms with E-state index in [1.54, 1.807) is 0 Å². The molecule has 0 bridgehead atoms. The summed E-state index contributed by atoms with van der Waals surface area (Å²) in [5.41, 5.74) is -0.835. The SMILES string of the molecule is C=CCCC(NC(C)=O)(C(=O)CC(C)(C)C)C1CCNC1. The summed E-state index contributed by atoms with van der Waals surface area (Å²) in [6, 6.07) is 0. The lowest BCUT2D eigenvalue weighted by Crippen LogP contribution is -2.60. The van der Waals surface area contributed by atoms with Crippen molar-refractivity contribution in [3.8, 4) is 0 Å². The van der Waals surface area contributed by atoms with Crippen molar-refractivity contribution in [3.05, 3.63) is 12.7 Å². The van der Waals surface area contributed by atoms with Crippen LogP contribution in [0, 0.1) is 11.3 Å². The average molecular weight is 294 g/mol. The quantitative estimate of drug-likeness (QED) is 0.709. The first-order valence-electron chi connectivity index (χ1n) is 7.85. The van der Waals surface area contributed by atoms with Gasteiger partial charge >= 0.3 is 0 Å². The third-order valence-corrected chi connectivity index (χ3v) is 4.09. The molecule has 2 atom stereocenters. The molecule has 2 unspecified atom stereocenters. The molecular formula is C17H30N2O2. The van der Waals surface area contributed by atoms with Gasteiger partial charge in [0.15, 0.2) is 5.78 Å². The van der Waals surface area contributed by atoms with Crippen molar-refractivity contribution in [2.75, 3.05) is 13.1 Å². The van der Waals surface area contributed by atoms with E-state index in [0.717, 1.165) is 25.9 Å². The van der Waals surface area contributed by atoms with Crippen molar-refractivity contribution >= 4 is 11.7 Å². The van der Waals surface area contributed by atoms with Crippen molar-refractivity contribution in [3.63, 3.8) is 0 Å². The van der Waals surface area contributed by atoms with Gasteiger partial charge in [-0.25, -0.2) is 0 Å². The van der Waals surface area contributed by atoms with Gasteiger partial charge in [0.1, 0.15) is 5.54 Å². The summed E-state index contributed by atoms with van der Waals surface area (Å²) < 4.78 is 0. The Labute approximate surface area is 128 Å². The monoisotopic (exact) mass is 294 g/mol. The van der Waals surface area contributed by atoms with Crippen molar-refractivity contribution in [1.29, 1.82) is 0 Å². The number of Topliss-reactive ketones (excluding diaryl/α,β-unsaturated/α-hetero) is 1. The van der Waals surface area contributed by atoms with Gasteiger partial charge in [0.2, 0.25) is 5.91 Å². The molecule has 0 spiro atoms. The van der Waals surface area contributed by atoms with Gasteiger partial charge in [-0.05, 0) is 31.2 Å². The smallest absolute Gasteiger partial charge is 0.217 e. The molecule has 0 aliphatic carbocycles. The molecule has 1 amide bonds. The van der Waals surface area contributed by atoms with Crippen molar-refractivity contribution in [1.82, 2.24) is 10.6 Å². The summed E-state index contributed by atoms with van der Waals surface area (Å²) in [7, 11) is 0. The largest absolute Gasteiger partial charge is 0.343 e. The van der Waals surface area contributed by atoms with Gasteiger partial charge in [-0.2, -0.15) is 0 Å². The van der Waals surface area contributed by atoms with E-state index in [1.807, 2.05) is 6.08 Å². The van der Waals surface area contributed by atoms with E-state index in [-0.39, 0.29) is 23.0 Å². The van der Waals surface area contributed by atoms with Gasteiger partial charge in [0.05, 0.1) is 0 Å². The molecule has 1 saturated heterocycles. The lowest BCUT2D eigenvalue weighted by atomic mass is 9.72. The van der Waals surface area contributed by atoms with E-state index >= 15 is 0 Å². The zero-order chi connectivity index (χ0) is 16.1. The van der Waals surface area contributed by atoms with Crippen LogP contribution in [0.1, 0.15) is 53.4 Å². The van der Waals surface area contributed by atoms with Crippen molar-refractivity contribution < 1.29 is 9.59 Å². The molecule has 4 nitrogen and oxygen atoms in total. The highest BCUT2D eigenvalue weighted by Crippen LogP contribution is 2.34. The zero-order valence-corrected chi connectivity index (χ0v) is 13.9. The molecule has 0 aromatic heterocycles. The summed E-state index contributed by atoms with van der Waals surface area (Å²) in [6.45, 7) is 13.1. The van der Waals surface area contributed by atoms with Gasteiger partial charge in [-0.3, -0.25) is 9.59 Å². The molecule has 1 rings (SSSR count). The van der Waals surface area contributed by atoms with Crippen LogP contribution in [0.25, 0.3) is 0 Å². The first-order valence-corrected chi connectivity index (χ1v) is 7.85. The third-order valence-electron chi connectivity index (χ3n) is 4.09. The lowest BCUT2D eigenvalue weighted by molar-refractivity contribution is -0.135. The molecule has 2 N–H and O–H groups in total. The first kappa shape index (κ1) is 17.9. The van der Waals surface area contributed by atoms with Gasteiger partial charge in [-0.1, -0.05) is 26.8 Å². The van der Waals surface area contributed by atoms with E-state index in [0.29, 0.717) is 12.8 Å². The Morgan fingerprint density at radius 1 is 1.38 bits per heavy atom. The Bertz CT molecular complexity index is 392. The molecule has 21 heavy (non-hydrogen) atoms. The van der Waals surface area contributed by atoms with E-state index in [4.69, 9.17) is 0 Å². The molecule has 0 saturated carbocycles. The van der Waals surface area contributed by atoms with Crippen LogP contribution in [-0.4, -0.2) is 30.3 Å². The summed E-state index contributed by atoms with van der Waals surface area (Å²) in [5.74, 6) is 0.185. The minimum Gasteiger partial charge on any atom is -0.343 e. The fourth-order valence-corrected chi connectivity index (χ4v) is 3.16. The highest BCUT2D eigenvalue weighted by Gasteiger charge is 2.46. The maximum absolute atomic E-state index is 13.0. The summed E-state index contributed by atoms with van der Waals surface area (Å²) in [6.07, 6.45) is 4.58. The maximum atomic E-state index is 13.0. The molecular weight excluding hydrogens is 264 g/mol. The van der Waals surface area contributed by atoms with Gasteiger partial charge in [-0.15, -0.1) is 6.58 Å². The van der Waals surface area contributed by atoms with Crippen LogP contribution in [0.2, 0.25) is 0 Å². The Morgan fingerprint density at radius 2 is 2.05 bits per heavy atom. The number of hydrogen-bond donors (Lipinski definition) is 2. The molecule has 4 heteroatoms. The fraction of sp³-hybridized carbons (Fsp3) is 0.765. The minimum atomic E-state index is -0.753. The second kappa shape index (κ2) is 7.21. The van der Waals surface area contributed by atoms with Crippen molar-refractivity contribution in [2.45, 2.75) is 58.9 Å². The van der Waals surface area contributed by atoms with E-state index < -0.39 is 5.54 Å². The molecule has 120 valence electrons. The Kier molecular flexibility index (Phi) is 6.14. The minimum absolute atomic E-state index is 0.0823. The number of nitrogens with one attached hydrogen (secondary N) is 2. The maximum Gasteiger partial charge on any atom is 0.217 e. The van der Waals surface area contributed by atoms with Crippen LogP contribution in [0.5, 0.6) is 0 Å². The first-order chi connectivity index (χ1) is 9.71. The molecule has 0 aromatic carbocycles. The van der Waals surface area contributed by atoms with E-state index in [2.05, 4.69) is 38.0 Å². The van der Waals surface area contributed by atoms with Crippen LogP contribution in [0.3, 0.4) is 0 Å². The van der Waals surface area contributed by atoms with Crippen LogP contribution in [0.4, 0.5) is 0 Å². The van der Waals surface area contributed by atoms with Crippen LogP contribution < -0.4 is 10.6 Å². The van der Waals surface area contributed by atoms with Crippen LogP contribution >= 0.6 is 0 Å². The molecule has 0 aromatic rings. The summed E-state index contributed by atoms with van der Waals surface area (Å²) >= 11 is 0. The topological polar surface area (TPSA) is 58.2 Å².